The zero-order valence-corrected chi connectivity index (χ0v) is 13.7. The molecule has 120 valence electrons. The van der Waals surface area contributed by atoms with Gasteiger partial charge in [-0.2, -0.15) is 0 Å². The molecule has 2 aromatic heterocycles. The maximum absolute atomic E-state index is 12.4. The standard InChI is InChI=1S/C16H18N4O2S/c1-19-7-13(18-11-19)15(21)20-9-16(10-20)6-12(8-23-16)22-14-4-2-3-5-17-14/h2-5,7,11-12H,6,8-10H2,1H3/t12-/m1/s1. The molecule has 0 unspecified atom stereocenters. The van der Waals surface area contributed by atoms with E-state index in [1.807, 2.05) is 41.9 Å². The topological polar surface area (TPSA) is 60.2 Å². The third kappa shape index (κ3) is 2.81. The number of pyridine rings is 1. The number of hydrogen-bond donors (Lipinski definition) is 0. The van der Waals surface area contributed by atoms with E-state index < -0.39 is 0 Å². The predicted octanol–water partition coefficient (Wildman–Crippen LogP) is 1.59. The summed E-state index contributed by atoms with van der Waals surface area (Å²) < 4.78 is 7.88. The lowest BCUT2D eigenvalue weighted by Gasteiger charge is -2.47. The number of ether oxygens (including phenoxy) is 1. The Morgan fingerprint density at radius 3 is 2.96 bits per heavy atom. The summed E-state index contributed by atoms with van der Waals surface area (Å²) in [5, 5.41) is 0. The highest BCUT2D eigenvalue weighted by Gasteiger charge is 2.51. The second-order valence-electron chi connectivity index (χ2n) is 6.19. The minimum atomic E-state index is 0.0194. The van der Waals surface area contributed by atoms with Crippen LogP contribution in [-0.2, 0) is 7.05 Å². The van der Waals surface area contributed by atoms with Crippen LogP contribution < -0.4 is 4.74 Å². The van der Waals surface area contributed by atoms with E-state index >= 15 is 0 Å². The number of nitrogens with zero attached hydrogens (tertiary/aromatic N) is 4. The van der Waals surface area contributed by atoms with E-state index in [4.69, 9.17) is 4.74 Å². The Kier molecular flexibility index (Phi) is 3.52. The summed E-state index contributed by atoms with van der Waals surface area (Å²) >= 11 is 1.91. The highest BCUT2D eigenvalue weighted by Crippen LogP contribution is 2.46. The maximum atomic E-state index is 12.4. The van der Waals surface area contributed by atoms with Gasteiger partial charge in [0, 0.05) is 50.8 Å². The van der Waals surface area contributed by atoms with E-state index in [9.17, 15) is 4.79 Å². The fraction of sp³-hybridized carbons (Fsp3) is 0.438. The number of hydrogen-bond acceptors (Lipinski definition) is 5. The van der Waals surface area contributed by atoms with E-state index in [1.165, 1.54) is 0 Å². The minimum absolute atomic E-state index is 0.0194. The number of amides is 1. The molecule has 1 spiro atoms. The fourth-order valence-electron chi connectivity index (χ4n) is 3.16. The molecule has 0 saturated carbocycles. The third-order valence-electron chi connectivity index (χ3n) is 4.27. The van der Waals surface area contributed by atoms with Crippen molar-refractivity contribution < 1.29 is 9.53 Å². The van der Waals surface area contributed by atoms with Gasteiger partial charge in [0.1, 0.15) is 11.8 Å². The number of carbonyl (C=O) groups excluding carboxylic acids is 1. The molecule has 2 fully saturated rings. The van der Waals surface area contributed by atoms with E-state index in [0.29, 0.717) is 11.6 Å². The molecular weight excluding hydrogens is 312 g/mol. The van der Waals surface area contributed by atoms with Crippen LogP contribution >= 0.6 is 11.8 Å². The van der Waals surface area contributed by atoms with Crippen LogP contribution in [0.3, 0.4) is 0 Å². The maximum Gasteiger partial charge on any atom is 0.274 e. The zero-order chi connectivity index (χ0) is 15.9. The Hall–Kier alpha value is -2.02. The molecule has 23 heavy (non-hydrogen) atoms. The summed E-state index contributed by atoms with van der Waals surface area (Å²) in [6.45, 7) is 1.55. The number of imidazole rings is 1. The van der Waals surface area contributed by atoms with Crippen molar-refractivity contribution in [1.82, 2.24) is 19.4 Å². The molecule has 4 heterocycles. The van der Waals surface area contributed by atoms with Gasteiger partial charge in [-0.05, 0) is 6.07 Å². The average molecular weight is 330 g/mol. The van der Waals surface area contributed by atoms with Gasteiger partial charge in [0.15, 0.2) is 0 Å². The van der Waals surface area contributed by atoms with Crippen LogP contribution in [0.15, 0.2) is 36.9 Å². The van der Waals surface area contributed by atoms with Crippen molar-refractivity contribution in [1.29, 1.82) is 0 Å². The lowest BCUT2D eigenvalue weighted by Crippen LogP contribution is -2.60. The van der Waals surface area contributed by atoms with Crippen LogP contribution in [0.25, 0.3) is 0 Å². The van der Waals surface area contributed by atoms with Crippen LogP contribution in [0.5, 0.6) is 5.88 Å². The van der Waals surface area contributed by atoms with Crippen LogP contribution in [0, 0.1) is 0 Å². The number of carbonyl (C=O) groups is 1. The molecule has 2 aliphatic heterocycles. The molecule has 0 radical (unpaired) electrons. The highest BCUT2D eigenvalue weighted by atomic mass is 32.2. The second kappa shape index (κ2) is 5.56. The SMILES string of the molecule is Cn1cnc(C(=O)N2CC3(C[C@@H](Oc4ccccn4)CS3)C2)c1. The van der Waals surface area contributed by atoms with Crippen molar-refractivity contribution >= 4 is 17.7 Å². The van der Waals surface area contributed by atoms with Crippen molar-refractivity contribution in [3.63, 3.8) is 0 Å². The number of likely N-dealkylation sites (tertiary alicyclic amines) is 1. The van der Waals surface area contributed by atoms with Crippen LogP contribution in [0.2, 0.25) is 0 Å². The summed E-state index contributed by atoms with van der Waals surface area (Å²) in [6.07, 6.45) is 6.29. The van der Waals surface area contributed by atoms with Crippen molar-refractivity contribution in [3.05, 3.63) is 42.6 Å². The Morgan fingerprint density at radius 2 is 2.26 bits per heavy atom. The Balaban J connectivity index is 1.33. The first-order chi connectivity index (χ1) is 11.1. The van der Waals surface area contributed by atoms with Gasteiger partial charge in [-0.3, -0.25) is 4.79 Å². The molecule has 0 aromatic carbocycles. The van der Waals surface area contributed by atoms with Crippen molar-refractivity contribution in [2.75, 3.05) is 18.8 Å². The second-order valence-corrected chi connectivity index (χ2v) is 7.68. The van der Waals surface area contributed by atoms with Gasteiger partial charge in [0.05, 0.1) is 11.1 Å². The number of aromatic nitrogens is 3. The molecule has 1 amide bonds. The van der Waals surface area contributed by atoms with Crippen molar-refractivity contribution in [2.24, 2.45) is 7.05 Å². The largest absolute Gasteiger partial charge is 0.473 e. The molecular formula is C16H18N4O2S. The molecule has 0 aliphatic carbocycles. The molecule has 0 N–H and O–H groups in total. The molecule has 2 saturated heterocycles. The quantitative estimate of drug-likeness (QED) is 0.855. The lowest BCUT2D eigenvalue weighted by molar-refractivity contribution is 0.0510. The smallest absolute Gasteiger partial charge is 0.274 e. The molecule has 7 heteroatoms. The molecule has 2 aromatic rings. The first-order valence-electron chi connectivity index (χ1n) is 7.62. The molecule has 4 rings (SSSR count). The van der Waals surface area contributed by atoms with Gasteiger partial charge in [-0.25, -0.2) is 9.97 Å². The Bertz CT molecular complexity index is 712. The summed E-state index contributed by atoms with van der Waals surface area (Å²) in [5.41, 5.74) is 0.520. The number of rotatable bonds is 3. The van der Waals surface area contributed by atoms with Gasteiger partial charge >= 0.3 is 0 Å². The summed E-state index contributed by atoms with van der Waals surface area (Å²) in [6, 6.07) is 5.69. The molecule has 6 nitrogen and oxygen atoms in total. The predicted molar refractivity (Wildman–Crippen MR) is 87.6 cm³/mol. The number of aryl methyl sites for hydroxylation is 1. The fourth-order valence-corrected chi connectivity index (χ4v) is 4.69. The molecule has 2 aliphatic rings. The molecule has 1 atom stereocenters. The normalized spacial score (nSPS) is 22.1. The monoisotopic (exact) mass is 330 g/mol. The minimum Gasteiger partial charge on any atom is -0.473 e. The highest BCUT2D eigenvalue weighted by molar-refractivity contribution is 8.01. The van der Waals surface area contributed by atoms with Crippen molar-refractivity contribution in [3.8, 4) is 5.88 Å². The van der Waals surface area contributed by atoms with E-state index in [2.05, 4.69) is 9.97 Å². The molecule has 0 bridgehead atoms. The average Bonchev–Trinajstić information content (AvgIpc) is 3.13. The van der Waals surface area contributed by atoms with Crippen molar-refractivity contribution in [2.45, 2.75) is 17.3 Å². The first kappa shape index (κ1) is 14.6. The van der Waals surface area contributed by atoms with Gasteiger partial charge in [-0.15, -0.1) is 11.8 Å². The number of thioether (sulfide) groups is 1. The van der Waals surface area contributed by atoms with Crippen LogP contribution in [0.1, 0.15) is 16.9 Å². The zero-order valence-electron chi connectivity index (χ0n) is 12.9. The van der Waals surface area contributed by atoms with Gasteiger partial charge < -0.3 is 14.2 Å². The summed E-state index contributed by atoms with van der Waals surface area (Å²) in [7, 11) is 1.87. The van der Waals surface area contributed by atoms with Gasteiger partial charge in [-0.1, -0.05) is 6.07 Å². The van der Waals surface area contributed by atoms with Crippen LogP contribution in [0.4, 0.5) is 0 Å². The Morgan fingerprint density at radius 1 is 1.39 bits per heavy atom. The van der Waals surface area contributed by atoms with E-state index in [1.54, 1.807) is 23.3 Å². The third-order valence-corrected chi connectivity index (χ3v) is 5.85. The summed E-state index contributed by atoms with van der Waals surface area (Å²) in [4.78, 5) is 22.6. The van der Waals surface area contributed by atoms with E-state index in [0.717, 1.165) is 25.3 Å². The first-order valence-corrected chi connectivity index (χ1v) is 8.61. The lowest BCUT2D eigenvalue weighted by atomic mass is 9.92. The van der Waals surface area contributed by atoms with Gasteiger partial charge in [0.2, 0.25) is 5.88 Å². The summed E-state index contributed by atoms with van der Waals surface area (Å²) in [5.74, 6) is 1.64. The Labute approximate surface area is 138 Å². The van der Waals surface area contributed by atoms with Crippen LogP contribution in [-0.4, -0.2) is 55.0 Å². The van der Waals surface area contributed by atoms with Gasteiger partial charge in [0.25, 0.3) is 5.91 Å². The van der Waals surface area contributed by atoms with E-state index in [-0.39, 0.29) is 16.8 Å².